The minimum absolute atomic E-state index is 0.0324. The minimum Gasteiger partial charge on any atom is -0.361 e. The molecule has 0 radical (unpaired) electrons. The second-order valence-corrected chi connectivity index (χ2v) is 3.42. The standard InChI is InChI=1S/C9H9N.C3H7NO.C2H6/c1-7-6-10-9-5-3-2-4-8(7)9;1-3(5)2-4;1-2/h2-6,10H,1H3;2,4H2,1H3;1-2H3. The normalized spacial score (nSPS) is 8.76. The summed E-state index contributed by atoms with van der Waals surface area (Å²) in [7, 11) is 0. The quantitative estimate of drug-likeness (QED) is 0.796. The van der Waals surface area contributed by atoms with E-state index in [1.807, 2.05) is 26.1 Å². The largest absolute Gasteiger partial charge is 0.361 e. The number of hydrogen-bond donors (Lipinski definition) is 2. The van der Waals surface area contributed by atoms with Crippen molar-refractivity contribution >= 4 is 16.7 Å². The molecule has 0 aliphatic rings. The van der Waals surface area contributed by atoms with E-state index in [1.165, 1.54) is 23.4 Å². The number of carbonyl (C=O) groups excluding carboxylic acids is 1. The first-order valence-corrected chi connectivity index (χ1v) is 5.87. The lowest BCUT2D eigenvalue weighted by Gasteiger charge is -1.86. The average Bonchev–Trinajstić information content (AvgIpc) is 2.75. The fourth-order valence-corrected chi connectivity index (χ4v) is 1.22. The summed E-state index contributed by atoms with van der Waals surface area (Å²) in [6.07, 6.45) is 2.03. The molecule has 3 heteroatoms. The van der Waals surface area contributed by atoms with E-state index >= 15 is 0 Å². The zero-order chi connectivity index (χ0) is 13.3. The number of Topliss-reactive ketones (excluding diaryl/α,β-unsaturated/α-hetero) is 1. The van der Waals surface area contributed by atoms with Crippen molar-refractivity contribution in [2.24, 2.45) is 5.73 Å². The van der Waals surface area contributed by atoms with Crippen LogP contribution in [-0.4, -0.2) is 17.3 Å². The van der Waals surface area contributed by atoms with E-state index in [-0.39, 0.29) is 12.3 Å². The van der Waals surface area contributed by atoms with E-state index in [4.69, 9.17) is 5.73 Å². The van der Waals surface area contributed by atoms with Gasteiger partial charge < -0.3 is 10.7 Å². The van der Waals surface area contributed by atoms with Crippen molar-refractivity contribution in [3.63, 3.8) is 0 Å². The number of hydrogen-bond acceptors (Lipinski definition) is 2. The molecule has 2 aromatic rings. The Morgan fingerprint density at radius 1 is 1.29 bits per heavy atom. The van der Waals surface area contributed by atoms with E-state index in [0.717, 1.165) is 0 Å². The number of aromatic nitrogens is 1. The Balaban J connectivity index is 0.000000315. The van der Waals surface area contributed by atoms with Gasteiger partial charge in [0.2, 0.25) is 0 Å². The Morgan fingerprint density at radius 2 is 1.82 bits per heavy atom. The lowest BCUT2D eigenvalue weighted by Crippen LogP contribution is -2.07. The summed E-state index contributed by atoms with van der Waals surface area (Å²) in [5.74, 6) is 0.0324. The number of aryl methyl sites for hydroxylation is 1. The molecule has 1 heterocycles. The Kier molecular flexibility index (Phi) is 7.72. The molecule has 3 N–H and O–H groups in total. The molecule has 0 unspecified atom stereocenters. The van der Waals surface area contributed by atoms with E-state index in [0.29, 0.717) is 0 Å². The molecule has 0 bridgehead atoms. The summed E-state index contributed by atoms with van der Waals surface area (Å²) in [4.78, 5) is 12.9. The SMILES string of the molecule is CC.CC(=O)CN.Cc1c[nH]c2ccccc12. The first-order chi connectivity index (χ1) is 8.15. The number of aromatic amines is 1. The van der Waals surface area contributed by atoms with E-state index < -0.39 is 0 Å². The molecule has 0 aliphatic heterocycles. The summed E-state index contributed by atoms with van der Waals surface area (Å²) in [6, 6.07) is 8.31. The smallest absolute Gasteiger partial charge is 0.143 e. The molecule has 3 nitrogen and oxygen atoms in total. The van der Waals surface area contributed by atoms with Crippen LogP contribution in [0.4, 0.5) is 0 Å². The van der Waals surface area contributed by atoms with Crippen molar-refractivity contribution in [1.29, 1.82) is 0 Å². The predicted molar refractivity (Wildman–Crippen MR) is 74.1 cm³/mol. The number of para-hydroxylation sites is 1. The van der Waals surface area contributed by atoms with Gasteiger partial charge in [0.1, 0.15) is 5.78 Å². The second kappa shape index (κ2) is 8.53. The number of H-pyrrole nitrogens is 1. The lowest BCUT2D eigenvalue weighted by atomic mass is 10.2. The number of benzene rings is 1. The third kappa shape index (κ3) is 5.31. The zero-order valence-corrected chi connectivity index (χ0v) is 11.1. The highest BCUT2D eigenvalue weighted by atomic mass is 16.1. The number of fused-ring (bicyclic) bond motifs is 1. The molecular formula is C14H22N2O. The van der Waals surface area contributed by atoms with Crippen LogP contribution in [0.25, 0.3) is 10.9 Å². The molecule has 2 rings (SSSR count). The molecule has 0 spiro atoms. The van der Waals surface area contributed by atoms with Crippen molar-refractivity contribution in [2.45, 2.75) is 27.7 Å². The molecule has 1 aromatic heterocycles. The molecule has 0 atom stereocenters. The van der Waals surface area contributed by atoms with Gasteiger partial charge in [0.25, 0.3) is 0 Å². The highest BCUT2D eigenvalue weighted by Gasteiger charge is 1.94. The predicted octanol–water partition coefficient (Wildman–Crippen LogP) is 3.04. The van der Waals surface area contributed by atoms with Gasteiger partial charge in [-0.25, -0.2) is 0 Å². The van der Waals surface area contributed by atoms with Gasteiger partial charge in [0, 0.05) is 17.1 Å². The Morgan fingerprint density at radius 3 is 2.29 bits per heavy atom. The third-order valence-corrected chi connectivity index (χ3v) is 2.08. The maximum Gasteiger partial charge on any atom is 0.143 e. The Labute approximate surface area is 103 Å². The zero-order valence-electron chi connectivity index (χ0n) is 11.1. The number of carbonyl (C=O) groups is 1. The number of nitrogens with two attached hydrogens (primary N) is 1. The lowest BCUT2D eigenvalue weighted by molar-refractivity contribution is -0.115. The summed E-state index contributed by atoms with van der Waals surface area (Å²) in [5, 5.41) is 1.32. The van der Waals surface area contributed by atoms with Crippen LogP contribution in [0.3, 0.4) is 0 Å². The van der Waals surface area contributed by atoms with Gasteiger partial charge in [-0.1, -0.05) is 32.0 Å². The molecule has 0 aliphatic carbocycles. The Hall–Kier alpha value is -1.61. The van der Waals surface area contributed by atoms with Gasteiger partial charge in [-0.05, 0) is 25.5 Å². The minimum atomic E-state index is 0.0324. The first-order valence-electron chi connectivity index (χ1n) is 5.87. The van der Waals surface area contributed by atoms with Gasteiger partial charge >= 0.3 is 0 Å². The second-order valence-electron chi connectivity index (χ2n) is 3.42. The van der Waals surface area contributed by atoms with Crippen LogP contribution < -0.4 is 5.73 Å². The van der Waals surface area contributed by atoms with Gasteiger partial charge in [-0.15, -0.1) is 0 Å². The van der Waals surface area contributed by atoms with Crippen LogP contribution in [0.5, 0.6) is 0 Å². The molecule has 0 saturated heterocycles. The third-order valence-electron chi connectivity index (χ3n) is 2.08. The fraction of sp³-hybridized carbons (Fsp3) is 0.357. The summed E-state index contributed by atoms with van der Waals surface area (Å²) < 4.78 is 0. The maximum atomic E-state index is 9.69. The summed E-state index contributed by atoms with van der Waals surface area (Å²) >= 11 is 0. The van der Waals surface area contributed by atoms with Gasteiger partial charge in [0.05, 0.1) is 6.54 Å². The van der Waals surface area contributed by atoms with Crippen LogP contribution >= 0.6 is 0 Å². The molecule has 94 valence electrons. The van der Waals surface area contributed by atoms with Crippen LogP contribution in [0.2, 0.25) is 0 Å². The highest BCUT2D eigenvalue weighted by molar-refractivity contribution is 5.82. The van der Waals surface area contributed by atoms with Crippen LogP contribution in [0.1, 0.15) is 26.3 Å². The topological polar surface area (TPSA) is 58.9 Å². The van der Waals surface area contributed by atoms with E-state index in [2.05, 4.69) is 30.1 Å². The van der Waals surface area contributed by atoms with Crippen LogP contribution in [-0.2, 0) is 4.79 Å². The van der Waals surface area contributed by atoms with Crippen molar-refractivity contribution in [2.75, 3.05) is 6.54 Å². The molecule has 17 heavy (non-hydrogen) atoms. The fourth-order valence-electron chi connectivity index (χ4n) is 1.22. The van der Waals surface area contributed by atoms with Gasteiger partial charge in [-0.2, -0.15) is 0 Å². The molecule has 1 aromatic carbocycles. The molecular weight excluding hydrogens is 212 g/mol. The van der Waals surface area contributed by atoms with Crippen LogP contribution in [0.15, 0.2) is 30.5 Å². The van der Waals surface area contributed by atoms with Crippen molar-refractivity contribution in [1.82, 2.24) is 4.98 Å². The highest BCUT2D eigenvalue weighted by Crippen LogP contribution is 2.15. The van der Waals surface area contributed by atoms with E-state index in [1.54, 1.807) is 0 Å². The molecule has 0 fully saturated rings. The summed E-state index contributed by atoms with van der Waals surface area (Å²) in [5.41, 5.74) is 7.36. The van der Waals surface area contributed by atoms with Crippen molar-refractivity contribution in [3.05, 3.63) is 36.0 Å². The molecule has 0 saturated carbocycles. The average molecular weight is 234 g/mol. The van der Waals surface area contributed by atoms with Gasteiger partial charge in [-0.3, -0.25) is 4.79 Å². The number of ketones is 1. The first kappa shape index (κ1) is 15.4. The Bertz CT molecular complexity index is 446. The van der Waals surface area contributed by atoms with E-state index in [9.17, 15) is 4.79 Å². The number of nitrogens with one attached hydrogen (secondary N) is 1. The number of rotatable bonds is 1. The van der Waals surface area contributed by atoms with Gasteiger partial charge in [0.15, 0.2) is 0 Å². The maximum absolute atomic E-state index is 9.69. The summed E-state index contributed by atoms with van der Waals surface area (Å²) in [6.45, 7) is 7.73. The van der Waals surface area contributed by atoms with Crippen LogP contribution in [0, 0.1) is 6.92 Å². The van der Waals surface area contributed by atoms with Crippen molar-refractivity contribution < 1.29 is 4.79 Å². The monoisotopic (exact) mass is 234 g/mol. The molecule has 0 amide bonds. The van der Waals surface area contributed by atoms with Crippen molar-refractivity contribution in [3.8, 4) is 0 Å².